The van der Waals surface area contributed by atoms with Crippen molar-refractivity contribution in [1.29, 1.82) is 0 Å². The van der Waals surface area contributed by atoms with Crippen LogP contribution in [-0.2, 0) is 0 Å². The molecule has 5 nitrogen and oxygen atoms in total. The van der Waals surface area contributed by atoms with Crippen molar-refractivity contribution in [3.8, 4) is 5.69 Å². The van der Waals surface area contributed by atoms with E-state index in [-0.39, 0.29) is 24.4 Å². The number of amides is 1. The fourth-order valence-electron chi connectivity index (χ4n) is 2.85. The quantitative estimate of drug-likeness (QED) is 0.906. The van der Waals surface area contributed by atoms with Crippen molar-refractivity contribution in [3.05, 3.63) is 47.8 Å². The summed E-state index contributed by atoms with van der Waals surface area (Å²) in [5.74, 6) is -0.0105. The van der Waals surface area contributed by atoms with Crippen LogP contribution in [0.3, 0.4) is 0 Å². The zero-order chi connectivity index (χ0) is 15.5. The van der Waals surface area contributed by atoms with E-state index in [4.69, 9.17) is 5.73 Å². The molecule has 6 heteroatoms. The summed E-state index contributed by atoms with van der Waals surface area (Å²) in [4.78, 5) is 12.3. The molecule has 1 aromatic carbocycles. The second kappa shape index (κ2) is 7.62. The molecule has 1 aliphatic rings. The van der Waals surface area contributed by atoms with E-state index in [1.807, 2.05) is 43.6 Å². The van der Waals surface area contributed by atoms with Gasteiger partial charge in [0.2, 0.25) is 0 Å². The van der Waals surface area contributed by atoms with Crippen molar-refractivity contribution in [2.75, 3.05) is 0 Å². The summed E-state index contributed by atoms with van der Waals surface area (Å²) >= 11 is 0. The number of rotatable bonds is 3. The van der Waals surface area contributed by atoms with Crippen LogP contribution in [0.15, 0.2) is 36.7 Å². The minimum absolute atomic E-state index is 0. The van der Waals surface area contributed by atoms with Crippen LogP contribution >= 0.6 is 12.4 Å². The second-order valence-corrected chi connectivity index (χ2v) is 6.09. The number of aryl methyl sites for hydroxylation is 1. The van der Waals surface area contributed by atoms with E-state index in [0.717, 1.165) is 36.9 Å². The van der Waals surface area contributed by atoms with Crippen molar-refractivity contribution in [3.63, 3.8) is 0 Å². The molecule has 0 bridgehead atoms. The van der Waals surface area contributed by atoms with Crippen LogP contribution in [0.1, 0.15) is 41.6 Å². The van der Waals surface area contributed by atoms with Crippen LogP contribution in [0.25, 0.3) is 5.69 Å². The smallest absolute Gasteiger partial charge is 0.251 e. The first-order valence-electron chi connectivity index (χ1n) is 7.80. The van der Waals surface area contributed by atoms with Gasteiger partial charge in [0.25, 0.3) is 5.91 Å². The lowest BCUT2D eigenvalue weighted by Gasteiger charge is -2.26. The maximum atomic E-state index is 12.3. The highest BCUT2D eigenvalue weighted by Crippen LogP contribution is 2.17. The van der Waals surface area contributed by atoms with E-state index >= 15 is 0 Å². The fourth-order valence-corrected chi connectivity index (χ4v) is 2.85. The van der Waals surface area contributed by atoms with E-state index in [2.05, 4.69) is 10.4 Å². The van der Waals surface area contributed by atoms with Crippen LogP contribution in [0, 0.1) is 6.92 Å². The molecule has 0 atom stereocenters. The normalized spacial score (nSPS) is 20.6. The van der Waals surface area contributed by atoms with Crippen molar-refractivity contribution in [2.24, 2.45) is 5.73 Å². The summed E-state index contributed by atoms with van der Waals surface area (Å²) in [6, 6.07) is 8.06. The Morgan fingerprint density at radius 2 is 1.87 bits per heavy atom. The van der Waals surface area contributed by atoms with Gasteiger partial charge in [-0.25, -0.2) is 4.68 Å². The van der Waals surface area contributed by atoms with Gasteiger partial charge in [-0.2, -0.15) is 5.10 Å². The molecule has 0 saturated heterocycles. The molecule has 0 radical (unpaired) electrons. The Balaban J connectivity index is 0.00000192. The lowest BCUT2D eigenvalue weighted by Crippen LogP contribution is -2.40. The van der Waals surface area contributed by atoms with Crippen LogP contribution < -0.4 is 11.1 Å². The highest BCUT2D eigenvalue weighted by Gasteiger charge is 2.20. The van der Waals surface area contributed by atoms with Gasteiger partial charge in [0.1, 0.15) is 0 Å². The topological polar surface area (TPSA) is 72.9 Å². The molecule has 1 amide bonds. The summed E-state index contributed by atoms with van der Waals surface area (Å²) in [6.45, 7) is 2.00. The molecule has 124 valence electrons. The Kier molecular flexibility index (Phi) is 5.80. The molecular weight excluding hydrogens is 312 g/mol. The van der Waals surface area contributed by atoms with Gasteiger partial charge in [0.15, 0.2) is 0 Å². The number of nitrogens with zero attached hydrogens (tertiary/aromatic N) is 2. The standard InChI is InChI=1S/C17H22N4O.ClH/c1-12-10-19-21(11-12)16-8-2-13(3-9-16)17(22)20-15-6-4-14(18)5-7-15;/h2-3,8-11,14-15H,4-7,18H2,1H3,(H,20,22);1H. The summed E-state index contributed by atoms with van der Waals surface area (Å²) in [5.41, 5.74) is 8.64. The summed E-state index contributed by atoms with van der Waals surface area (Å²) < 4.78 is 1.81. The maximum Gasteiger partial charge on any atom is 0.251 e. The van der Waals surface area contributed by atoms with Crippen molar-refractivity contribution < 1.29 is 4.79 Å². The Morgan fingerprint density at radius 1 is 1.22 bits per heavy atom. The molecule has 0 unspecified atom stereocenters. The zero-order valence-corrected chi connectivity index (χ0v) is 14.1. The lowest BCUT2D eigenvalue weighted by molar-refractivity contribution is 0.0926. The number of aromatic nitrogens is 2. The van der Waals surface area contributed by atoms with Gasteiger partial charge in [0, 0.05) is 23.8 Å². The second-order valence-electron chi connectivity index (χ2n) is 6.09. The van der Waals surface area contributed by atoms with Gasteiger partial charge < -0.3 is 11.1 Å². The monoisotopic (exact) mass is 334 g/mol. The average molecular weight is 335 g/mol. The highest BCUT2D eigenvalue weighted by atomic mass is 35.5. The SMILES string of the molecule is Cc1cnn(-c2ccc(C(=O)NC3CCC(N)CC3)cc2)c1.Cl. The summed E-state index contributed by atoms with van der Waals surface area (Å²) in [5, 5.41) is 7.37. The third-order valence-electron chi connectivity index (χ3n) is 4.21. The number of nitrogens with one attached hydrogen (secondary N) is 1. The minimum atomic E-state index is -0.0105. The van der Waals surface area contributed by atoms with Gasteiger partial charge in [-0.3, -0.25) is 4.79 Å². The van der Waals surface area contributed by atoms with Gasteiger partial charge in [-0.05, 0) is 62.4 Å². The van der Waals surface area contributed by atoms with Crippen LogP contribution in [0.2, 0.25) is 0 Å². The number of hydrogen-bond acceptors (Lipinski definition) is 3. The van der Waals surface area contributed by atoms with Crippen molar-refractivity contribution >= 4 is 18.3 Å². The van der Waals surface area contributed by atoms with Gasteiger partial charge in [-0.15, -0.1) is 12.4 Å². The molecule has 3 rings (SSSR count). The average Bonchev–Trinajstić information content (AvgIpc) is 2.96. The molecule has 23 heavy (non-hydrogen) atoms. The number of carbonyl (C=O) groups is 1. The minimum Gasteiger partial charge on any atom is -0.349 e. The first-order valence-corrected chi connectivity index (χ1v) is 7.80. The molecule has 1 fully saturated rings. The Morgan fingerprint density at radius 3 is 2.43 bits per heavy atom. The molecule has 0 spiro atoms. The van der Waals surface area contributed by atoms with E-state index in [1.54, 1.807) is 4.68 Å². The van der Waals surface area contributed by atoms with Crippen LogP contribution in [0.4, 0.5) is 0 Å². The molecule has 2 aromatic rings. The predicted octanol–water partition coefficient (Wildman–Crippen LogP) is 2.60. The molecule has 1 heterocycles. The molecule has 1 saturated carbocycles. The number of benzene rings is 1. The van der Waals surface area contributed by atoms with E-state index in [9.17, 15) is 4.79 Å². The Bertz CT molecular complexity index is 645. The Labute approximate surface area is 142 Å². The third kappa shape index (κ3) is 4.33. The number of hydrogen-bond donors (Lipinski definition) is 2. The fraction of sp³-hybridized carbons (Fsp3) is 0.412. The molecule has 1 aromatic heterocycles. The Hall–Kier alpha value is -1.85. The van der Waals surface area contributed by atoms with E-state index in [0.29, 0.717) is 11.6 Å². The summed E-state index contributed by atoms with van der Waals surface area (Å²) in [6.07, 6.45) is 7.69. The first kappa shape index (κ1) is 17.5. The first-order chi connectivity index (χ1) is 10.6. The van der Waals surface area contributed by atoms with Crippen LogP contribution in [-0.4, -0.2) is 27.8 Å². The molecule has 3 N–H and O–H groups in total. The van der Waals surface area contributed by atoms with E-state index < -0.39 is 0 Å². The largest absolute Gasteiger partial charge is 0.349 e. The van der Waals surface area contributed by atoms with Gasteiger partial charge in [0.05, 0.1) is 11.9 Å². The van der Waals surface area contributed by atoms with Crippen LogP contribution in [0.5, 0.6) is 0 Å². The predicted molar refractivity (Wildman–Crippen MR) is 93.2 cm³/mol. The summed E-state index contributed by atoms with van der Waals surface area (Å²) in [7, 11) is 0. The highest BCUT2D eigenvalue weighted by molar-refractivity contribution is 5.94. The van der Waals surface area contributed by atoms with Gasteiger partial charge >= 0.3 is 0 Å². The molecule has 1 aliphatic carbocycles. The maximum absolute atomic E-state index is 12.3. The lowest BCUT2D eigenvalue weighted by atomic mass is 9.91. The third-order valence-corrected chi connectivity index (χ3v) is 4.21. The zero-order valence-electron chi connectivity index (χ0n) is 13.2. The van der Waals surface area contributed by atoms with Crippen molar-refractivity contribution in [2.45, 2.75) is 44.7 Å². The number of carbonyl (C=O) groups excluding carboxylic acids is 1. The van der Waals surface area contributed by atoms with E-state index in [1.165, 1.54) is 0 Å². The number of nitrogens with two attached hydrogens (primary N) is 1. The van der Waals surface area contributed by atoms with Gasteiger partial charge in [-0.1, -0.05) is 0 Å². The van der Waals surface area contributed by atoms with Crippen molar-refractivity contribution in [1.82, 2.24) is 15.1 Å². The molecular formula is C17H23ClN4O. The molecule has 0 aliphatic heterocycles. The number of halogens is 1.